The Labute approximate surface area is 116 Å². The minimum absolute atomic E-state index is 0.0392. The molecule has 19 heavy (non-hydrogen) atoms. The highest BCUT2D eigenvalue weighted by Crippen LogP contribution is 2.47. The molecule has 1 aromatic carbocycles. The standard InChI is InChI=1S/C16H25NO2/c1-11-12-9-8-10-13(18-7)14(12)16(5,6)17(19-11)15(2,3)4/h8-11H,1-7H3. The maximum Gasteiger partial charge on any atom is 0.124 e. The molecule has 1 heterocycles. The van der Waals surface area contributed by atoms with Gasteiger partial charge in [0.25, 0.3) is 0 Å². The smallest absolute Gasteiger partial charge is 0.124 e. The van der Waals surface area contributed by atoms with Gasteiger partial charge in [0.05, 0.1) is 12.6 Å². The highest BCUT2D eigenvalue weighted by molar-refractivity contribution is 5.46. The fourth-order valence-electron chi connectivity index (χ4n) is 3.16. The summed E-state index contributed by atoms with van der Waals surface area (Å²) in [6.07, 6.45) is 0.0392. The Kier molecular flexibility index (Phi) is 3.40. The lowest BCUT2D eigenvalue weighted by atomic mass is 9.83. The van der Waals surface area contributed by atoms with Gasteiger partial charge < -0.3 is 4.74 Å². The second-order valence-electron chi connectivity index (χ2n) is 6.70. The monoisotopic (exact) mass is 263 g/mol. The summed E-state index contributed by atoms with van der Waals surface area (Å²) in [7, 11) is 1.73. The Morgan fingerprint density at radius 3 is 2.42 bits per heavy atom. The molecule has 1 aliphatic rings. The van der Waals surface area contributed by atoms with Crippen LogP contribution in [0.15, 0.2) is 18.2 Å². The summed E-state index contributed by atoms with van der Waals surface area (Å²) in [5.41, 5.74) is 2.14. The van der Waals surface area contributed by atoms with E-state index in [-0.39, 0.29) is 17.2 Å². The Morgan fingerprint density at radius 2 is 1.89 bits per heavy atom. The molecule has 0 fully saturated rings. The van der Waals surface area contributed by atoms with E-state index in [1.807, 2.05) is 12.1 Å². The zero-order valence-electron chi connectivity index (χ0n) is 13.1. The van der Waals surface area contributed by atoms with Crippen molar-refractivity contribution >= 4 is 0 Å². The van der Waals surface area contributed by atoms with Crippen molar-refractivity contribution in [2.45, 2.75) is 58.7 Å². The first-order chi connectivity index (χ1) is 8.69. The molecule has 0 spiro atoms. The summed E-state index contributed by atoms with van der Waals surface area (Å²) in [5, 5.41) is 2.09. The number of fused-ring (bicyclic) bond motifs is 1. The number of rotatable bonds is 1. The largest absolute Gasteiger partial charge is 0.496 e. The lowest BCUT2D eigenvalue weighted by Gasteiger charge is -2.51. The molecule has 1 atom stereocenters. The van der Waals surface area contributed by atoms with Gasteiger partial charge in [0, 0.05) is 11.1 Å². The Bertz CT molecular complexity index is 474. The third kappa shape index (κ3) is 2.26. The lowest BCUT2D eigenvalue weighted by Crippen LogP contribution is -2.55. The van der Waals surface area contributed by atoms with E-state index >= 15 is 0 Å². The Morgan fingerprint density at radius 1 is 1.26 bits per heavy atom. The molecule has 0 bridgehead atoms. The minimum Gasteiger partial charge on any atom is -0.496 e. The van der Waals surface area contributed by atoms with Crippen LogP contribution < -0.4 is 4.74 Å². The minimum atomic E-state index is -0.229. The van der Waals surface area contributed by atoms with E-state index in [0.29, 0.717) is 0 Å². The molecule has 0 saturated carbocycles. The van der Waals surface area contributed by atoms with Gasteiger partial charge in [0.15, 0.2) is 0 Å². The summed E-state index contributed by atoms with van der Waals surface area (Å²) in [4.78, 5) is 6.17. The van der Waals surface area contributed by atoms with Gasteiger partial charge in [-0.05, 0) is 53.2 Å². The second-order valence-corrected chi connectivity index (χ2v) is 6.70. The summed E-state index contributed by atoms with van der Waals surface area (Å²) >= 11 is 0. The number of nitrogens with zero attached hydrogens (tertiary/aromatic N) is 1. The average Bonchev–Trinajstić information content (AvgIpc) is 2.31. The molecule has 3 heteroatoms. The Hall–Kier alpha value is -1.06. The molecule has 106 valence electrons. The van der Waals surface area contributed by atoms with E-state index < -0.39 is 0 Å². The third-order valence-corrected chi connectivity index (χ3v) is 3.71. The maximum atomic E-state index is 6.17. The zero-order chi connectivity index (χ0) is 14.4. The van der Waals surface area contributed by atoms with Crippen LogP contribution in [-0.4, -0.2) is 17.7 Å². The fourth-order valence-corrected chi connectivity index (χ4v) is 3.16. The number of hydrogen-bond acceptors (Lipinski definition) is 3. The molecule has 1 unspecified atom stereocenters. The first-order valence-electron chi connectivity index (χ1n) is 6.84. The van der Waals surface area contributed by atoms with Gasteiger partial charge in [-0.2, -0.15) is 5.06 Å². The van der Waals surface area contributed by atoms with Gasteiger partial charge in [0.1, 0.15) is 11.9 Å². The molecule has 1 aliphatic heterocycles. The number of hydrogen-bond donors (Lipinski definition) is 0. The second kappa shape index (κ2) is 4.50. The van der Waals surface area contributed by atoms with E-state index in [9.17, 15) is 0 Å². The SMILES string of the molecule is COc1cccc2c1C(C)(C)N(C(C)(C)C)OC2C. The quantitative estimate of drug-likeness (QED) is 0.763. The van der Waals surface area contributed by atoms with Gasteiger partial charge in [-0.3, -0.25) is 4.84 Å². The Balaban J connectivity index is 2.64. The van der Waals surface area contributed by atoms with Crippen molar-refractivity contribution in [3.63, 3.8) is 0 Å². The molecular formula is C16H25NO2. The molecule has 0 radical (unpaired) electrons. The molecule has 0 amide bonds. The van der Waals surface area contributed by atoms with Crippen molar-refractivity contribution in [2.75, 3.05) is 7.11 Å². The fraction of sp³-hybridized carbons (Fsp3) is 0.625. The van der Waals surface area contributed by atoms with Crippen LogP contribution in [-0.2, 0) is 10.4 Å². The van der Waals surface area contributed by atoms with Gasteiger partial charge in [-0.15, -0.1) is 0 Å². The molecule has 0 saturated heterocycles. The van der Waals surface area contributed by atoms with Crippen LogP contribution in [0, 0.1) is 0 Å². The molecular weight excluding hydrogens is 238 g/mol. The lowest BCUT2D eigenvalue weighted by molar-refractivity contribution is -0.301. The van der Waals surface area contributed by atoms with Crippen LogP contribution in [0.5, 0.6) is 5.75 Å². The van der Waals surface area contributed by atoms with E-state index in [0.717, 1.165) is 5.75 Å². The van der Waals surface area contributed by atoms with Crippen molar-refractivity contribution in [1.29, 1.82) is 0 Å². The molecule has 1 aromatic rings. The van der Waals surface area contributed by atoms with Crippen LogP contribution in [0.25, 0.3) is 0 Å². The van der Waals surface area contributed by atoms with Crippen LogP contribution in [0.3, 0.4) is 0 Å². The number of benzene rings is 1. The van der Waals surface area contributed by atoms with E-state index in [4.69, 9.17) is 9.57 Å². The number of ether oxygens (including phenoxy) is 1. The molecule has 0 aliphatic carbocycles. The first kappa shape index (κ1) is 14.4. The van der Waals surface area contributed by atoms with E-state index in [1.54, 1.807) is 7.11 Å². The van der Waals surface area contributed by atoms with Gasteiger partial charge >= 0.3 is 0 Å². The molecule has 0 aromatic heterocycles. The van der Waals surface area contributed by atoms with Gasteiger partial charge in [-0.25, -0.2) is 0 Å². The van der Waals surface area contributed by atoms with Crippen LogP contribution in [0.1, 0.15) is 58.8 Å². The van der Waals surface area contributed by atoms with Gasteiger partial charge in [0.2, 0.25) is 0 Å². The normalized spacial score (nSPS) is 23.0. The van der Waals surface area contributed by atoms with Crippen molar-refractivity contribution in [2.24, 2.45) is 0 Å². The van der Waals surface area contributed by atoms with Crippen molar-refractivity contribution < 1.29 is 9.57 Å². The average molecular weight is 263 g/mol. The molecule has 3 nitrogen and oxygen atoms in total. The number of methoxy groups -OCH3 is 1. The van der Waals surface area contributed by atoms with Crippen molar-refractivity contribution in [1.82, 2.24) is 5.06 Å². The van der Waals surface area contributed by atoms with Gasteiger partial charge in [-0.1, -0.05) is 12.1 Å². The topological polar surface area (TPSA) is 21.7 Å². The summed E-state index contributed by atoms with van der Waals surface area (Å²) in [5.74, 6) is 0.937. The third-order valence-electron chi connectivity index (χ3n) is 3.71. The summed E-state index contributed by atoms with van der Waals surface area (Å²) < 4.78 is 5.58. The number of hydroxylamine groups is 2. The molecule has 2 rings (SSSR count). The predicted molar refractivity (Wildman–Crippen MR) is 77.1 cm³/mol. The maximum absolute atomic E-state index is 6.17. The highest BCUT2D eigenvalue weighted by Gasteiger charge is 2.45. The van der Waals surface area contributed by atoms with Crippen LogP contribution in [0.4, 0.5) is 0 Å². The van der Waals surface area contributed by atoms with Crippen molar-refractivity contribution in [3.8, 4) is 5.75 Å². The molecule has 0 N–H and O–H groups in total. The predicted octanol–water partition coefficient (Wildman–Crippen LogP) is 4.04. The highest BCUT2D eigenvalue weighted by atomic mass is 16.7. The van der Waals surface area contributed by atoms with Crippen LogP contribution >= 0.6 is 0 Å². The zero-order valence-corrected chi connectivity index (χ0v) is 13.1. The van der Waals surface area contributed by atoms with E-state index in [1.165, 1.54) is 11.1 Å². The van der Waals surface area contributed by atoms with Crippen molar-refractivity contribution in [3.05, 3.63) is 29.3 Å². The summed E-state index contributed by atoms with van der Waals surface area (Å²) in [6, 6.07) is 6.18. The first-order valence-corrected chi connectivity index (χ1v) is 6.84. The van der Waals surface area contributed by atoms with E-state index in [2.05, 4.69) is 52.7 Å². The van der Waals surface area contributed by atoms with Crippen LogP contribution in [0.2, 0.25) is 0 Å². The summed E-state index contributed by atoms with van der Waals surface area (Å²) in [6.45, 7) is 13.0.